The van der Waals surface area contributed by atoms with Gasteiger partial charge >= 0.3 is 0 Å². The molecule has 0 unspecified atom stereocenters. The van der Waals surface area contributed by atoms with E-state index in [-0.39, 0.29) is 5.82 Å². The monoisotopic (exact) mass is 340 g/mol. The van der Waals surface area contributed by atoms with E-state index in [0.29, 0.717) is 5.92 Å². The predicted molar refractivity (Wildman–Crippen MR) is 93.4 cm³/mol. The number of thiazole rings is 1. The maximum atomic E-state index is 13.3. The topological polar surface area (TPSA) is 50.7 Å². The lowest BCUT2D eigenvalue weighted by molar-refractivity contribution is 0.459. The third-order valence-electron chi connectivity index (χ3n) is 4.26. The van der Waals surface area contributed by atoms with Gasteiger partial charge in [0.2, 0.25) is 0 Å². The Morgan fingerprint density at radius 1 is 1.08 bits per heavy atom. The number of hydrogen-bond acceptors (Lipinski definition) is 5. The van der Waals surface area contributed by atoms with Crippen molar-refractivity contribution in [1.29, 1.82) is 0 Å². The maximum Gasteiger partial charge on any atom is 0.123 e. The number of nitrogens with zero attached hydrogens (tertiary/aromatic N) is 3. The Kier molecular flexibility index (Phi) is 4.32. The minimum atomic E-state index is -0.240. The molecule has 3 aromatic rings. The minimum absolute atomic E-state index is 0.240. The average Bonchev–Trinajstić information content (AvgIpc) is 3.09. The number of piperidine rings is 1. The second-order valence-electron chi connectivity index (χ2n) is 5.86. The third kappa shape index (κ3) is 3.07. The zero-order valence-corrected chi connectivity index (χ0v) is 13.9. The van der Waals surface area contributed by atoms with Crippen LogP contribution in [0.5, 0.6) is 0 Å². The third-order valence-corrected chi connectivity index (χ3v) is 5.50. The van der Waals surface area contributed by atoms with Crippen LogP contribution in [-0.2, 0) is 0 Å². The molecule has 3 heterocycles. The van der Waals surface area contributed by atoms with Gasteiger partial charge in [-0.05, 0) is 56.3 Å². The standard InChI is InChI=1S/C18H17FN4S/c19-14-3-1-12(2-4-14)16-17(15-7-10-21-11-22-15)24-18(23-16)13-5-8-20-9-6-13/h1-4,7,10-11,13,20H,5-6,8-9H2. The Bertz CT molecular complexity index is 811. The van der Waals surface area contributed by atoms with Gasteiger partial charge in [0.25, 0.3) is 0 Å². The molecule has 0 amide bonds. The van der Waals surface area contributed by atoms with E-state index in [1.807, 2.05) is 6.07 Å². The van der Waals surface area contributed by atoms with E-state index >= 15 is 0 Å². The molecule has 0 saturated carbocycles. The van der Waals surface area contributed by atoms with Crippen molar-refractivity contribution >= 4 is 11.3 Å². The summed E-state index contributed by atoms with van der Waals surface area (Å²) in [5.74, 6) is 0.238. The Labute approximate surface area is 143 Å². The Hall–Kier alpha value is -2.18. The lowest BCUT2D eigenvalue weighted by Crippen LogP contribution is -2.26. The number of hydrogen-bond donors (Lipinski definition) is 1. The molecule has 0 spiro atoms. The fourth-order valence-electron chi connectivity index (χ4n) is 2.98. The summed E-state index contributed by atoms with van der Waals surface area (Å²) in [6, 6.07) is 8.40. The highest BCUT2D eigenvalue weighted by atomic mass is 32.1. The summed E-state index contributed by atoms with van der Waals surface area (Å²) in [4.78, 5) is 14.3. The quantitative estimate of drug-likeness (QED) is 0.786. The van der Waals surface area contributed by atoms with Crippen molar-refractivity contribution < 1.29 is 4.39 Å². The SMILES string of the molecule is Fc1ccc(-c2nc(C3CCNCC3)sc2-c2ccncn2)cc1. The van der Waals surface area contributed by atoms with Crippen molar-refractivity contribution in [2.45, 2.75) is 18.8 Å². The number of halogens is 1. The molecule has 2 aromatic heterocycles. The van der Waals surface area contributed by atoms with E-state index in [2.05, 4.69) is 15.3 Å². The molecule has 4 rings (SSSR count). The van der Waals surface area contributed by atoms with Crippen LogP contribution in [0.2, 0.25) is 0 Å². The molecule has 1 aliphatic heterocycles. The van der Waals surface area contributed by atoms with E-state index in [1.165, 1.54) is 12.1 Å². The van der Waals surface area contributed by atoms with Gasteiger partial charge in [-0.25, -0.2) is 19.3 Å². The molecular weight excluding hydrogens is 323 g/mol. The summed E-state index contributed by atoms with van der Waals surface area (Å²) in [7, 11) is 0. The first-order valence-corrected chi connectivity index (χ1v) is 8.86. The molecule has 0 radical (unpaired) electrons. The number of benzene rings is 1. The molecule has 0 atom stereocenters. The molecular formula is C18H17FN4S. The summed E-state index contributed by atoms with van der Waals surface area (Å²) in [5, 5.41) is 4.53. The molecule has 0 aliphatic carbocycles. The van der Waals surface area contributed by atoms with Gasteiger partial charge in [0.15, 0.2) is 0 Å². The molecule has 1 aromatic carbocycles. The maximum absolute atomic E-state index is 13.3. The summed E-state index contributed by atoms with van der Waals surface area (Å²) >= 11 is 1.70. The normalized spacial score (nSPS) is 15.5. The van der Waals surface area contributed by atoms with E-state index in [0.717, 1.165) is 52.8 Å². The highest BCUT2D eigenvalue weighted by Gasteiger charge is 2.23. The van der Waals surface area contributed by atoms with Crippen LogP contribution in [0.3, 0.4) is 0 Å². The molecule has 0 bridgehead atoms. The van der Waals surface area contributed by atoms with E-state index < -0.39 is 0 Å². The molecule has 1 aliphatic rings. The van der Waals surface area contributed by atoms with Crippen LogP contribution in [0.15, 0.2) is 42.9 Å². The fraction of sp³-hybridized carbons (Fsp3) is 0.278. The summed E-state index contributed by atoms with van der Waals surface area (Å²) in [5.41, 5.74) is 2.66. The van der Waals surface area contributed by atoms with Crippen LogP contribution in [0.4, 0.5) is 4.39 Å². The second-order valence-corrected chi connectivity index (χ2v) is 6.89. The van der Waals surface area contributed by atoms with E-state index in [4.69, 9.17) is 4.98 Å². The zero-order chi connectivity index (χ0) is 16.4. The Morgan fingerprint density at radius 2 is 1.88 bits per heavy atom. The minimum Gasteiger partial charge on any atom is -0.317 e. The molecule has 1 saturated heterocycles. The summed E-state index contributed by atoms with van der Waals surface area (Å²) in [6.45, 7) is 2.05. The highest BCUT2D eigenvalue weighted by Crippen LogP contribution is 2.40. The zero-order valence-electron chi connectivity index (χ0n) is 13.1. The second kappa shape index (κ2) is 6.75. The van der Waals surface area contributed by atoms with Crippen molar-refractivity contribution in [2.24, 2.45) is 0 Å². The van der Waals surface area contributed by atoms with Crippen molar-refractivity contribution in [3.63, 3.8) is 0 Å². The summed E-state index contributed by atoms with van der Waals surface area (Å²) in [6.07, 6.45) is 5.48. The van der Waals surface area contributed by atoms with Crippen LogP contribution in [0.1, 0.15) is 23.8 Å². The molecule has 1 fully saturated rings. The van der Waals surface area contributed by atoms with Crippen LogP contribution in [0.25, 0.3) is 21.8 Å². The largest absolute Gasteiger partial charge is 0.317 e. The van der Waals surface area contributed by atoms with Gasteiger partial charge in [-0.1, -0.05) is 0 Å². The number of rotatable bonds is 3. The van der Waals surface area contributed by atoms with Crippen LogP contribution in [-0.4, -0.2) is 28.0 Å². The Morgan fingerprint density at radius 3 is 2.58 bits per heavy atom. The predicted octanol–water partition coefficient (Wildman–Crippen LogP) is 3.87. The van der Waals surface area contributed by atoms with Crippen molar-refractivity contribution in [3.05, 3.63) is 53.7 Å². The first-order chi connectivity index (χ1) is 11.8. The average molecular weight is 340 g/mol. The molecule has 6 heteroatoms. The Balaban J connectivity index is 1.80. The smallest absolute Gasteiger partial charge is 0.123 e. The van der Waals surface area contributed by atoms with Crippen molar-refractivity contribution in [1.82, 2.24) is 20.3 Å². The first kappa shape index (κ1) is 15.4. The highest BCUT2D eigenvalue weighted by molar-refractivity contribution is 7.15. The first-order valence-electron chi connectivity index (χ1n) is 8.05. The van der Waals surface area contributed by atoms with Gasteiger partial charge in [0, 0.05) is 17.7 Å². The molecule has 24 heavy (non-hydrogen) atoms. The van der Waals surface area contributed by atoms with Crippen LogP contribution in [0, 0.1) is 5.82 Å². The molecule has 4 nitrogen and oxygen atoms in total. The summed E-state index contributed by atoms with van der Waals surface area (Å²) < 4.78 is 13.3. The molecule has 122 valence electrons. The van der Waals surface area contributed by atoms with Gasteiger partial charge < -0.3 is 5.32 Å². The van der Waals surface area contributed by atoms with Gasteiger partial charge in [0.1, 0.15) is 12.1 Å². The number of nitrogens with one attached hydrogen (secondary N) is 1. The van der Waals surface area contributed by atoms with Crippen molar-refractivity contribution in [3.8, 4) is 21.8 Å². The van der Waals surface area contributed by atoms with Crippen LogP contribution >= 0.6 is 11.3 Å². The fourth-order valence-corrected chi connectivity index (χ4v) is 4.22. The van der Waals surface area contributed by atoms with E-state index in [1.54, 1.807) is 36.0 Å². The number of aromatic nitrogens is 3. The van der Waals surface area contributed by atoms with Crippen molar-refractivity contribution in [2.75, 3.05) is 13.1 Å². The van der Waals surface area contributed by atoms with Gasteiger partial charge in [-0.3, -0.25) is 0 Å². The van der Waals surface area contributed by atoms with Crippen LogP contribution < -0.4 is 5.32 Å². The van der Waals surface area contributed by atoms with E-state index in [9.17, 15) is 4.39 Å². The molecule has 1 N–H and O–H groups in total. The van der Waals surface area contributed by atoms with Gasteiger partial charge in [-0.2, -0.15) is 0 Å². The van der Waals surface area contributed by atoms with Gasteiger partial charge in [-0.15, -0.1) is 11.3 Å². The van der Waals surface area contributed by atoms with Gasteiger partial charge in [0.05, 0.1) is 21.3 Å². The lowest BCUT2D eigenvalue weighted by Gasteiger charge is -2.20. The lowest BCUT2D eigenvalue weighted by atomic mass is 9.99.